The highest BCUT2D eigenvalue weighted by atomic mass is 16.5. The molecule has 20 heavy (non-hydrogen) atoms. The van der Waals surface area contributed by atoms with E-state index in [4.69, 9.17) is 4.74 Å². The van der Waals surface area contributed by atoms with Gasteiger partial charge in [-0.25, -0.2) is 0 Å². The molecule has 1 aliphatic rings. The van der Waals surface area contributed by atoms with Crippen LogP contribution in [0.5, 0.6) is 0 Å². The number of nitrogens with zero attached hydrogens (tertiary/aromatic N) is 2. The van der Waals surface area contributed by atoms with E-state index in [1.807, 2.05) is 18.5 Å². The van der Waals surface area contributed by atoms with E-state index in [0.717, 1.165) is 32.7 Å². The highest BCUT2D eigenvalue weighted by Gasteiger charge is 2.18. The molecule has 1 atom stereocenters. The summed E-state index contributed by atoms with van der Waals surface area (Å²) in [7, 11) is 0. The van der Waals surface area contributed by atoms with Crippen LogP contribution in [0.1, 0.15) is 33.1 Å². The van der Waals surface area contributed by atoms with E-state index in [-0.39, 0.29) is 6.23 Å². The molecule has 1 aromatic heterocycles. The molecule has 2 rings (SSSR count). The summed E-state index contributed by atoms with van der Waals surface area (Å²) in [4.78, 5) is 6.57. The van der Waals surface area contributed by atoms with Gasteiger partial charge in [-0.1, -0.05) is 26.7 Å². The molecule has 0 spiro atoms. The average molecular weight is 277 g/mol. The standard InChI is InChI=1S/C16H27N3O/c1-3-14(4-2)13-20-16-7-10-19(11-9-18-16)15-6-5-8-17-12-15/h5-6,8,12,14,16,18H,3-4,7,9-11,13H2,1-2H3. The van der Waals surface area contributed by atoms with Gasteiger partial charge < -0.3 is 9.64 Å². The Hall–Kier alpha value is -1.13. The predicted molar refractivity (Wildman–Crippen MR) is 82.9 cm³/mol. The van der Waals surface area contributed by atoms with Gasteiger partial charge in [-0.3, -0.25) is 10.3 Å². The molecule has 4 heteroatoms. The molecule has 0 saturated carbocycles. The molecule has 0 amide bonds. The first-order valence-corrected chi connectivity index (χ1v) is 7.83. The number of ether oxygens (including phenoxy) is 1. The summed E-state index contributed by atoms with van der Waals surface area (Å²) in [6.07, 6.45) is 7.37. The minimum absolute atomic E-state index is 0.192. The van der Waals surface area contributed by atoms with Gasteiger partial charge >= 0.3 is 0 Å². The smallest absolute Gasteiger partial charge is 0.109 e. The zero-order chi connectivity index (χ0) is 14.2. The van der Waals surface area contributed by atoms with E-state index in [1.54, 1.807) is 0 Å². The lowest BCUT2D eigenvalue weighted by Crippen LogP contribution is -2.33. The summed E-state index contributed by atoms with van der Waals surface area (Å²) in [5.74, 6) is 0.689. The first-order valence-electron chi connectivity index (χ1n) is 7.83. The third-order valence-electron chi connectivity index (χ3n) is 4.11. The highest BCUT2D eigenvalue weighted by molar-refractivity contribution is 5.43. The van der Waals surface area contributed by atoms with Crippen molar-refractivity contribution in [3.8, 4) is 0 Å². The maximum absolute atomic E-state index is 6.04. The first-order chi connectivity index (χ1) is 9.83. The second-order valence-corrected chi connectivity index (χ2v) is 5.45. The minimum Gasteiger partial charge on any atom is -0.369 e. The van der Waals surface area contributed by atoms with Crippen molar-refractivity contribution in [2.24, 2.45) is 5.92 Å². The maximum Gasteiger partial charge on any atom is 0.109 e. The summed E-state index contributed by atoms with van der Waals surface area (Å²) in [5.41, 5.74) is 1.20. The molecule has 0 bridgehead atoms. The van der Waals surface area contributed by atoms with Gasteiger partial charge in [-0.15, -0.1) is 0 Å². The topological polar surface area (TPSA) is 37.4 Å². The van der Waals surface area contributed by atoms with Crippen LogP contribution < -0.4 is 10.2 Å². The fourth-order valence-corrected chi connectivity index (χ4v) is 2.57. The average Bonchev–Trinajstić information content (AvgIpc) is 2.75. The van der Waals surface area contributed by atoms with Crippen molar-refractivity contribution in [1.29, 1.82) is 0 Å². The molecule has 1 aromatic rings. The van der Waals surface area contributed by atoms with Gasteiger partial charge in [0, 0.05) is 32.3 Å². The van der Waals surface area contributed by atoms with E-state index in [9.17, 15) is 0 Å². The van der Waals surface area contributed by atoms with E-state index >= 15 is 0 Å². The molecule has 112 valence electrons. The first kappa shape index (κ1) is 15.3. The Morgan fingerprint density at radius 1 is 1.40 bits per heavy atom. The zero-order valence-electron chi connectivity index (χ0n) is 12.7. The van der Waals surface area contributed by atoms with Crippen LogP contribution in [-0.4, -0.2) is 37.5 Å². The van der Waals surface area contributed by atoms with Gasteiger partial charge in [-0.2, -0.15) is 0 Å². The van der Waals surface area contributed by atoms with E-state index < -0.39 is 0 Å². The quantitative estimate of drug-likeness (QED) is 0.867. The van der Waals surface area contributed by atoms with Crippen molar-refractivity contribution in [1.82, 2.24) is 10.3 Å². The zero-order valence-corrected chi connectivity index (χ0v) is 12.7. The Bertz CT molecular complexity index is 367. The van der Waals surface area contributed by atoms with E-state index in [0.29, 0.717) is 5.92 Å². The lowest BCUT2D eigenvalue weighted by molar-refractivity contribution is 0.00703. The molecule has 0 radical (unpaired) electrons. The Morgan fingerprint density at radius 2 is 2.25 bits per heavy atom. The van der Waals surface area contributed by atoms with Crippen molar-refractivity contribution in [2.45, 2.75) is 39.3 Å². The number of hydrogen-bond acceptors (Lipinski definition) is 4. The predicted octanol–water partition coefficient (Wildman–Crippen LogP) is 2.66. The second kappa shape index (κ2) is 8.22. The van der Waals surface area contributed by atoms with Gasteiger partial charge in [0.1, 0.15) is 6.23 Å². The summed E-state index contributed by atoms with van der Waals surface area (Å²) >= 11 is 0. The van der Waals surface area contributed by atoms with Crippen LogP contribution in [0.15, 0.2) is 24.5 Å². The molecular formula is C16H27N3O. The third-order valence-corrected chi connectivity index (χ3v) is 4.11. The Morgan fingerprint density at radius 3 is 2.95 bits per heavy atom. The monoisotopic (exact) mass is 277 g/mol. The van der Waals surface area contributed by atoms with Crippen molar-refractivity contribution >= 4 is 5.69 Å². The molecule has 1 fully saturated rings. The number of hydrogen-bond donors (Lipinski definition) is 1. The minimum atomic E-state index is 0.192. The van der Waals surface area contributed by atoms with Crippen LogP contribution in [0.4, 0.5) is 5.69 Å². The summed E-state index contributed by atoms with van der Waals surface area (Å²) < 4.78 is 6.04. The van der Waals surface area contributed by atoms with Gasteiger partial charge in [0.25, 0.3) is 0 Å². The number of aromatic nitrogens is 1. The Kier molecular flexibility index (Phi) is 6.27. The summed E-state index contributed by atoms with van der Waals surface area (Å²) in [6.45, 7) is 8.34. The largest absolute Gasteiger partial charge is 0.369 e. The van der Waals surface area contributed by atoms with Crippen molar-refractivity contribution in [3.63, 3.8) is 0 Å². The molecule has 0 aromatic carbocycles. The summed E-state index contributed by atoms with van der Waals surface area (Å²) in [5, 5.41) is 3.50. The molecule has 4 nitrogen and oxygen atoms in total. The number of anilines is 1. The fraction of sp³-hybridized carbons (Fsp3) is 0.688. The highest BCUT2D eigenvalue weighted by Crippen LogP contribution is 2.15. The van der Waals surface area contributed by atoms with Crippen molar-refractivity contribution in [2.75, 3.05) is 31.1 Å². The Balaban J connectivity index is 1.80. The fourth-order valence-electron chi connectivity index (χ4n) is 2.57. The second-order valence-electron chi connectivity index (χ2n) is 5.45. The molecule has 1 unspecified atom stereocenters. The van der Waals surface area contributed by atoms with Crippen LogP contribution in [0.2, 0.25) is 0 Å². The molecule has 1 aliphatic heterocycles. The van der Waals surface area contributed by atoms with Crippen molar-refractivity contribution < 1.29 is 4.74 Å². The SMILES string of the molecule is CCC(CC)COC1CCN(c2cccnc2)CCN1. The number of nitrogens with one attached hydrogen (secondary N) is 1. The molecule has 1 N–H and O–H groups in total. The molecule has 1 saturated heterocycles. The molecular weight excluding hydrogens is 250 g/mol. The third kappa shape index (κ3) is 4.46. The van der Waals surface area contributed by atoms with Crippen LogP contribution in [-0.2, 0) is 4.74 Å². The van der Waals surface area contributed by atoms with Crippen molar-refractivity contribution in [3.05, 3.63) is 24.5 Å². The van der Waals surface area contributed by atoms with Crippen LogP contribution >= 0.6 is 0 Å². The van der Waals surface area contributed by atoms with Crippen LogP contribution in [0.25, 0.3) is 0 Å². The molecule has 0 aliphatic carbocycles. The maximum atomic E-state index is 6.04. The van der Waals surface area contributed by atoms with Crippen LogP contribution in [0, 0.1) is 5.92 Å². The van der Waals surface area contributed by atoms with Crippen LogP contribution in [0.3, 0.4) is 0 Å². The lowest BCUT2D eigenvalue weighted by atomic mass is 10.1. The van der Waals surface area contributed by atoms with Gasteiger partial charge in [0.2, 0.25) is 0 Å². The van der Waals surface area contributed by atoms with Gasteiger partial charge in [0.15, 0.2) is 0 Å². The van der Waals surface area contributed by atoms with E-state index in [2.05, 4.69) is 35.1 Å². The number of rotatable bonds is 6. The van der Waals surface area contributed by atoms with Gasteiger partial charge in [0.05, 0.1) is 18.5 Å². The summed E-state index contributed by atoms with van der Waals surface area (Å²) in [6, 6.07) is 4.12. The Labute approximate surface area is 122 Å². The van der Waals surface area contributed by atoms with Gasteiger partial charge in [-0.05, 0) is 18.1 Å². The normalized spacial score (nSPS) is 20.1. The van der Waals surface area contributed by atoms with E-state index in [1.165, 1.54) is 18.5 Å². The molecule has 2 heterocycles. The lowest BCUT2D eigenvalue weighted by Gasteiger charge is -2.22. The number of pyridine rings is 1.